The maximum atomic E-state index is 13.2. The molecule has 0 atom stereocenters. The predicted molar refractivity (Wildman–Crippen MR) is 136 cm³/mol. The second kappa shape index (κ2) is 10.9. The quantitative estimate of drug-likeness (QED) is 0.250. The molecule has 0 radical (unpaired) electrons. The molecule has 0 saturated heterocycles. The first-order valence-corrected chi connectivity index (χ1v) is 11.4. The second-order valence-corrected chi connectivity index (χ2v) is 8.18. The molecule has 184 valence electrons. The number of amides is 1. The van der Waals surface area contributed by atoms with Crippen LogP contribution in [0.15, 0.2) is 72.8 Å². The summed E-state index contributed by atoms with van der Waals surface area (Å²) in [5.74, 6) is 0.912. The van der Waals surface area contributed by atoms with Gasteiger partial charge in [-0.15, -0.1) is 0 Å². The molecule has 0 unspecified atom stereocenters. The molecule has 1 heterocycles. The monoisotopic (exact) mass is 506 g/mol. The van der Waals surface area contributed by atoms with Crippen molar-refractivity contribution in [2.45, 2.75) is 6.42 Å². The van der Waals surface area contributed by atoms with Crippen LogP contribution in [0.2, 0.25) is 5.02 Å². The molecule has 3 aromatic carbocycles. The summed E-state index contributed by atoms with van der Waals surface area (Å²) in [5.41, 5.74) is 2.87. The van der Waals surface area contributed by atoms with E-state index in [9.17, 15) is 14.9 Å². The highest BCUT2D eigenvalue weighted by atomic mass is 35.5. The van der Waals surface area contributed by atoms with Crippen LogP contribution in [-0.4, -0.2) is 41.4 Å². The van der Waals surface area contributed by atoms with Crippen LogP contribution in [-0.2, 0) is 6.42 Å². The Kier molecular flexibility index (Phi) is 7.50. The zero-order chi connectivity index (χ0) is 25.7. The van der Waals surface area contributed by atoms with Crippen molar-refractivity contribution in [1.29, 1.82) is 0 Å². The molecule has 0 fully saturated rings. The Labute approximate surface area is 212 Å². The Morgan fingerprint density at radius 3 is 2.42 bits per heavy atom. The van der Waals surface area contributed by atoms with Crippen LogP contribution in [0.25, 0.3) is 16.9 Å². The smallest absolute Gasteiger partial charge is 0.270 e. The van der Waals surface area contributed by atoms with Gasteiger partial charge in [-0.2, -0.15) is 5.10 Å². The van der Waals surface area contributed by atoms with Gasteiger partial charge >= 0.3 is 0 Å². The number of nitrogens with one attached hydrogen (secondary N) is 1. The number of ether oxygens (including phenoxy) is 2. The van der Waals surface area contributed by atoms with Crippen LogP contribution >= 0.6 is 11.6 Å². The maximum Gasteiger partial charge on any atom is 0.270 e. The van der Waals surface area contributed by atoms with Gasteiger partial charge in [0.1, 0.15) is 5.69 Å². The average Bonchev–Trinajstić information content (AvgIpc) is 3.34. The predicted octanol–water partition coefficient (Wildman–Crippen LogP) is 5.09. The molecule has 36 heavy (non-hydrogen) atoms. The zero-order valence-corrected chi connectivity index (χ0v) is 20.4. The van der Waals surface area contributed by atoms with Gasteiger partial charge in [-0.3, -0.25) is 14.9 Å². The summed E-state index contributed by atoms with van der Waals surface area (Å²) in [7, 11) is 3.15. The van der Waals surface area contributed by atoms with E-state index in [0.717, 1.165) is 5.56 Å². The normalized spacial score (nSPS) is 10.6. The molecule has 10 heteroatoms. The van der Waals surface area contributed by atoms with E-state index in [4.69, 9.17) is 21.1 Å². The van der Waals surface area contributed by atoms with Crippen LogP contribution in [0.5, 0.6) is 11.5 Å². The van der Waals surface area contributed by atoms with Crippen LogP contribution in [0.3, 0.4) is 0 Å². The molecule has 0 aliphatic heterocycles. The first-order valence-electron chi connectivity index (χ1n) is 11.0. The van der Waals surface area contributed by atoms with Gasteiger partial charge in [-0.05, 0) is 54.4 Å². The van der Waals surface area contributed by atoms with Crippen molar-refractivity contribution in [3.05, 3.63) is 99.2 Å². The van der Waals surface area contributed by atoms with Crippen molar-refractivity contribution in [1.82, 2.24) is 15.1 Å². The molecule has 0 bridgehead atoms. The number of methoxy groups -OCH3 is 2. The summed E-state index contributed by atoms with van der Waals surface area (Å²) in [5, 5.41) is 18.9. The molecular formula is C26H23ClN4O5. The summed E-state index contributed by atoms with van der Waals surface area (Å²) in [6.45, 7) is 0.370. The summed E-state index contributed by atoms with van der Waals surface area (Å²) in [4.78, 5) is 23.7. The van der Waals surface area contributed by atoms with Gasteiger partial charge in [0.15, 0.2) is 11.5 Å². The number of hydrogen-bond donors (Lipinski definition) is 1. The van der Waals surface area contributed by atoms with Crippen molar-refractivity contribution in [3.63, 3.8) is 0 Å². The van der Waals surface area contributed by atoms with E-state index in [2.05, 4.69) is 10.4 Å². The number of carbonyl (C=O) groups is 1. The van der Waals surface area contributed by atoms with Gasteiger partial charge in [0, 0.05) is 24.2 Å². The van der Waals surface area contributed by atoms with Crippen molar-refractivity contribution >= 4 is 23.2 Å². The standard InChI is InChI=1S/C26H23ClN4O5/c1-35-24-12-7-17(15-25(24)36-2)13-14-28-26(32)23-16-21(18-8-10-19(11-9-18)31(33)34)29-30(23)22-6-4-3-5-20(22)27/h3-12,15-16H,13-14H2,1-2H3,(H,28,32). The van der Waals surface area contributed by atoms with Gasteiger partial charge in [-0.25, -0.2) is 4.68 Å². The molecule has 0 aliphatic carbocycles. The van der Waals surface area contributed by atoms with E-state index < -0.39 is 4.92 Å². The van der Waals surface area contributed by atoms with Crippen LogP contribution < -0.4 is 14.8 Å². The first-order chi connectivity index (χ1) is 17.4. The lowest BCUT2D eigenvalue weighted by Gasteiger charge is -2.11. The summed E-state index contributed by atoms with van der Waals surface area (Å²) < 4.78 is 12.1. The van der Waals surface area contributed by atoms with E-state index in [1.807, 2.05) is 18.2 Å². The largest absolute Gasteiger partial charge is 0.493 e. The number of carbonyl (C=O) groups excluding carboxylic acids is 1. The molecule has 1 aromatic heterocycles. The van der Waals surface area contributed by atoms with Crippen LogP contribution in [0.1, 0.15) is 16.1 Å². The highest BCUT2D eigenvalue weighted by molar-refractivity contribution is 6.32. The van der Waals surface area contributed by atoms with Gasteiger partial charge in [0.2, 0.25) is 0 Å². The van der Waals surface area contributed by atoms with E-state index in [-0.39, 0.29) is 17.3 Å². The molecule has 4 aromatic rings. The molecule has 0 aliphatic rings. The average molecular weight is 507 g/mol. The number of benzene rings is 3. The fourth-order valence-electron chi connectivity index (χ4n) is 3.69. The van der Waals surface area contributed by atoms with E-state index in [0.29, 0.717) is 46.4 Å². The fourth-order valence-corrected chi connectivity index (χ4v) is 3.91. The lowest BCUT2D eigenvalue weighted by molar-refractivity contribution is -0.384. The molecule has 0 saturated carbocycles. The van der Waals surface area contributed by atoms with Gasteiger partial charge in [0.05, 0.1) is 35.5 Å². The SMILES string of the molecule is COc1ccc(CCNC(=O)c2cc(-c3ccc([N+](=O)[O-])cc3)nn2-c2ccccc2Cl)cc1OC. The van der Waals surface area contributed by atoms with Crippen molar-refractivity contribution in [2.24, 2.45) is 0 Å². The number of non-ortho nitro benzene ring substituents is 1. The van der Waals surface area contributed by atoms with E-state index in [1.165, 1.54) is 16.8 Å². The topological polar surface area (TPSA) is 109 Å². The van der Waals surface area contributed by atoms with Crippen molar-refractivity contribution < 1.29 is 19.2 Å². The fraction of sp³-hybridized carbons (Fsp3) is 0.154. The van der Waals surface area contributed by atoms with Gasteiger partial charge < -0.3 is 14.8 Å². The molecule has 0 spiro atoms. The first kappa shape index (κ1) is 24.7. The third kappa shape index (κ3) is 5.31. The van der Waals surface area contributed by atoms with Gasteiger partial charge in [-0.1, -0.05) is 29.8 Å². The number of nitro groups is 1. The zero-order valence-electron chi connectivity index (χ0n) is 19.6. The van der Waals surface area contributed by atoms with Gasteiger partial charge in [0.25, 0.3) is 11.6 Å². The van der Waals surface area contributed by atoms with Crippen molar-refractivity contribution in [3.8, 4) is 28.4 Å². The van der Waals surface area contributed by atoms with E-state index >= 15 is 0 Å². The number of rotatable bonds is 9. The molecular weight excluding hydrogens is 484 g/mol. The lowest BCUT2D eigenvalue weighted by Crippen LogP contribution is -2.28. The summed E-state index contributed by atoms with van der Waals surface area (Å²) >= 11 is 6.39. The third-order valence-corrected chi connectivity index (χ3v) is 5.86. The number of aromatic nitrogens is 2. The Bertz CT molecular complexity index is 1400. The Morgan fingerprint density at radius 1 is 1.03 bits per heavy atom. The Balaban J connectivity index is 1.59. The van der Waals surface area contributed by atoms with Crippen LogP contribution in [0, 0.1) is 10.1 Å². The Morgan fingerprint density at radius 2 is 1.75 bits per heavy atom. The summed E-state index contributed by atoms with van der Waals surface area (Å²) in [6.07, 6.45) is 0.571. The van der Waals surface area contributed by atoms with E-state index in [1.54, 1.807) is 56.7 Å². The molecule has 1 amide bonds. The number of hydrogen-bond acceptors (Lipinski definition) is 6. The number of nitro benzene ring substituents is 1. The van der Waals surface area contributed by atoms with Crippen LogP contribution in [0.4, 0.5) is 5.69 Å². The summed E-state index contributed by atoms with van der Waals surface area (Å²) in [6, 6.07) is 20.3. The number of halogens is 1. The van der Waals surface area contributed by atoms with Crippen molar-refractivity contribution in [2.75, 3.05) is 20.8 Å². The number of para-hydroxylation sites is 1. The molecule has 4 rings (SSSR count). The highest BCUT2D eigenvalue weighted by Crippen LogP contribution is 2.28. The molecule has 9 nitrogen and oxygen atoms in total. The Hall–Kier alpha value is -4.37. The second-order valence-electron chi connectivity index (χ2n) is 7.78. The minimum Gasteiger partial charge on any atom is -0.493 e. The molecule has 1 N–H and O–H groups in total. The minimum atomic E-state index is -0.469. The maximum absolute atomic E-state index is 13.2. The number of nitrogens with zero attached hydrogens (tertiary/aromatic N) is 3. The minimum absolute atomic E-state index is 0.0302. The highest BCUT2D eigenvalue weighted by Gasteiger charge is 2.19. The third-order valence-electron chi connectivity index (χ3n) is 5.54. The lowest BCUT2D eigenvalue weighted by atomic mass is 10.1.